The standard InChI is InChI=1S/C13H15N3O/c14-12(9-10-1-5-15-6-2-10)13(17)11-3-7-16-8-4-11/h1-8,12-13,17H,9,14H2. The molecular formula is C13H15N3O. The summed E-state index contributed by atoms with van der Waals surface area (Å²) in [5, 5.41) is 10.1. The van der Waals surface area contributed by atoms with E-state index >= 15 is 0 Å². The van der Waals surface area contributed by atoms with Crippen LogP contribution >= 0.6 is 0 Å². The van der Waals surface area contributed by atoms with Crippen LogP contribution in [-0.2, 0) is 6.42 Å². The smallest absolute Gasteiger partial charge is 0.0945 e. The van der Waals surface area contributed by atoms with Crippen LogP contribution in [0.3, 0.4) is 0 Å². The minimum Gasteiger partial charge on any atom is -0.387 e. The fourth-order valence-electron chi connectivity index (χ4n) is 1.71. The van der Waals surface area contributed by atoms with Crippen molar-refractivity contribution >= 4 is 0 Å². The van der Waals surface area contributed by atoms with Crippen molar-refractivity contribution < 1.29 is 5.11 Å². The average molecular weight is 229 g/mol. The molecule has 0 amide bonds. The second-order valence-electron chi connectivity index (χ2n) is 3.95. The Balaban J connectivity index is 2.03. The highest BCUT2D eigenvalue weighted by molar-refractivity contribution is 5.18. The lowest BCUT2D eigenvalue weighted by atomic mass is 9.98. The van der Waals surface area contributed by atoms with Crippen molar-refractivity contribution in [1.82, 2.24) is 9.97 Å². The molecule has 0 aromatic carbocycles. The molecule has 0 radical (unpaired) electrons. The zero-order valence-electron chi connectivity index (χ0n) is 9.40. The van der Waals surface area contributed by atoms with Gasteiger partial charge in [-0.3, -0.25) is 9.97 Å². The zero-order chi connectivity index (χ0) is 12.1. The van der Waals surface area contributed by atoms with Gasteiger partial charge in [0.15, 0.2) is 0 Å². The molecule has 2 rings (SSSR count). The number of hydrogen-bond donors (Lipinski definition) is 2. The van der Waals surface area contributed by atoms with Crippen LogP contribution in [0.4, 0.5) is 0 Å². The van der Waals surface area contributed by atoms with E-state index in [-0.39, 0.29) is 6.04 Å². The molecule has 17 heavy (non-hydrogen) atoms. The van der Waals surface area contributed by atoms with E-state index in [0.717, 1.165) is 11.1 Å². The van der Waals surface area contributed by atoms with Gasteiger partial charge >= 0.3 is 0 Å². The SMILES string of the molecule is NC(Cc1ccncc1)C(O)c1ccncc1. The van der Waals surface area contributed by atoms with E-state index in [4.69, 9.17) is 5.73 Å². The molecule has 0 aliphatic rings. The van der Waals surface area contributed by atoms with Crippen LogP contribution in [0.1, 0.15) is 17.2 Å². The Morgan fingerprint density at radius 3 is 2.12 bits per heavy atom. The number of aliphatic hydroxyl groups is 1. The molecule has 0 saturated carbocycles. The van der Waals surface area contributed by atoms with E-state index in [0.29, 0.717) is 6.42 Å². The molecule has 0 bridgehead atoms. The summed E-state index contributed by atoms with van der Waals surface area (Å²) in [6.45, 7) is 0. The monoisotopic (exact) mass is 229 g/mol. The Labute approximate surface area is 100 Å². The van der Waals surface area contributed by atoms with Gasteiger partial charge in [-0.2, -0.15) is 0 Å². The van der Waals surface area contributed by atoms with E-state index in [1.54, 1.807) is 36.9 Å². The van der Waals surface area contributed by atoms with Gasteiger partial charge in [-0.25, -0.2) is 0 Å². The van der Waals surface area contributed by atoms with E-state index in [1.165, 1.54) is 0 Å². The van der Waals surface area contributed by atoms with Gasteiger partial charge in [0.2, 0.25) is 0 Å². The Bertz CT molecular complexity index is 447. The third-order valence-corrected chi connectivity index (χ3v) is 2.67. The molecule has 2 atom stereocenters. The molecule has 3 N–H and O–H groups in total. The summed E-state index contributed by atoms with van der Waals surface area (Å²) >= 11 is 0. The Morgan fingerprint density at radius 1 is 1.00 bits per heavy atom. The number of hydrogen-bond acceptors (Lipinski definition) is 4. The fourth-order valence-corrected chi connectivity index (χ4v) is 1.71. The number of pyridine rings is 2. The van der Waals surface area contributed by atoms with Gasteiger partial charge in [0.25, 0.3) is 0 Å². The molecule has 2 heterocycles. The first kappa shape index (κ1) is 11.7. The van der Waals surface area contributed by atoms with Gasteiger partial charge in [-0.1, -0.05) is 0 Å². The third-order valence-electron chi connectivity index (χ3n) is 2.67. The molecule has 4 heteroatoms. The van der Waals surface area contributed by atoms with E-state index < -0.39 is 6.10 Å². The van der Waals surface area contributed by atoms with E-state index in [1.807, 2.05) is 12.1 Å². The van der Waals surface area contributed by atoms with Gasteiger partial charge in [0.1, 0.15) is 0 Å². The predicted octanol–water partition coefficient (Wildman–Crippen LogP) is 1.08. The molecule has 88 valence electrons. The maximum atomic E-state index is 10.1. The summed E-state index contributed by atoms with van der Waals surface area (Å²) < 4.78 is 0. The highest BCUT2D eigenvalue weighted by Crippen LogP contribution is 2.17. The molecular weight excluding hydrogens is 214 g/mol. The molecule has 0 aliphatic carbocycles. The number of aromatic nitrogens is 2. The largest absolute Gasteiger partial charge is 0.387 e. The second-order valence-corrected chi connectivity index (χ2v) is 3.95. The van der Waals surface area contributed by atoms with Crippen molar-refractivity contribution in [1.29, 1.82) is 0 Å². The van der Waals surface area contributed by atoms with Crippen molar-refractivity contribution in [3.63, 3.8) is 0 Å². The highest BCUT2D eigenvalue weighted by Gasteiger charge is 2.16. The van der Waals surface area contributed by atoms with Crippen molar-refractivity contribution in [3.05, 3.63) is 60.2 Å². The minimum atomic E-state index is -0.675. The minimum absolute atomic E-state index is 0.334. The molecule has 0 spiro atoms. The second kappa shape index (κ2) is 5.52. The summed E-state index contributed by atoms with van der Waals surface area (Å²) in [7, 11) is 0. The van der Waals surface area contributed by atoms with Crippen LogP contribution in [0.25, 0.3) is 0 Å². The molecule has 0 fully saturated rings. The summed E-state index contributed by atoms with van der Waals surface area (Å²) in [5.41, 5.74) is 7.85. The summed E-state index contributed by atoms with van der Waals surface area (Å²) in [6, 6.07) is 7.02. The first-order valence-corrected chi connectivity index (χ1v) is 5.50. The summed E-state index contributed by atoms with van der Waals surface area (Å²) in [4.78, 5) is 7.86. The predicted molar refractivity (Wildman–Crippen MR) is 65.1 cm³/mol. The van der Waals surface area contributed by atoms with Crippen molar-refractivity contribution in [2.24, 2.45) is 5.73 Å². The van der Waals surface area contributed by atoms with Gasteiger partial charge < -0.3 is 10.8 Å². The zero-order valence-corrected chi connectivity index (χ0v) is 9.40. The molecule has 2 aromatic rings. The lowest BCUT2D eigenvalue weighted by Gasteiger charge is -2.18. The lowest BCUT2D eigenvalue weighted by molar-refractivity contribution is 0.146. The summed E-state index contributed by atoms with van der Waals surface area (Å²) in [5.74, 6) is 0. The van der Waals surface area contributed by atoms with Crippen LogP contribution in [0.2, 0.25) is 0 Å². The third kappa shape index (κ3) is 3.09. The van der Waals surface area contributed by atoms with Gasteiger partial charge in [-0.05, 0) is 41.8 Å². The Kier molecular flexibility index (Phi) is 3.80. The number of aliphatic hydroxyl groups excluding tert-OH is 1. The molecule has 0 saturated heterocycles. The van der Waals surface area contributed by atoms with Crippen molar-refractivity contribution in [2.75, 3.05) is 0 Å². The van der Waals surface area contributed by atoms with Crippen LogP contribution in [0, 0.1) is 0 Å². The maximum Gasteiger partial charge on any atom is 0.0945 e. The maximum absolute atomic E-state index is 10.1. The van der Waals surface area contributed by atoms with Crippen LogP contribution in [0.5, 0.6) is 0 Å². The van der Waals surface area contributed by atoms with Crippen molar-refractivity contribution in [2.45, 2.75) is 18.6 Å². The molecule has 2 aromatic heterocycles. The fraction of sp³-hybridized carbons (Fsp3) is 0.231. The Hall–Kier alpha value is -1.78. The highest BCUT2D eigenvalue weighted by atomic mass is 16.3. The van der Waals surface area contributed by atoms with Crippen LogP contribution in [0.15, 0.2) is 49.1 Å². The van der Waals surface area contributed by atoms with Crippen molar-refractivity contribution in [3.8, 4) is 0 Å². The Morgan fingerprint density at radius 2 is 1.53 bits per heavy atom. The normalized spacial score (nSPS) is 14.2. The first-order chi connectivity index (χ1) is 8.27. The molecule has 2 unspecified atom stereocenters. The van der Waals surface area contributed by atoms with Gasteiger partial charge in [0.05, 0.1) is 6.10 Å². The average Bonchev–Trinajstić information content (AvgIpc) is 2.40. The summed E-state index contributed by atoms with van der Waals surface area (Å²) in [6.07, 6.45) is 6.69. The van der Waals surface area contributed by atoms with Crippen LogP contribution < -0.4 is 5.73 Å². The quantitative estimate of drug-likeness (QED) is 0.823. The number of rotatable bonds is 4. The lowest BCUT2D eigenvalue weighted by Crippen LogP contribution is -2.30. The van der Waals surface area contributed by atoms with E-state index in [9.17, 15) is 5.11 Å². The number of nitrogens with two attached hydrogens (primary N) is 1. The molecule has 0 aliphatic heterocycles. The number of nitrogens with zero attached hydrogens (tertiary/aromatic N) is 2. The van der Waals surface area contributed by atoms with Crippen LogP contribution in [-0.4, -0.2) is 21.1 Å². The first-order valence-electron chi connectivity index (χ1n) is 5.50. The van der Waals surface area contributed by atoms with E-state index in [2.05, 4.69) is 9.97 Å². The van der Waals surface area contributed by atoms with Gasteiger partial charge in [-0.15, -0.1) is 0 Å². The topological polar surface area (TPSA) is 72.0 Å². The molecule has 4 nitrogen and oxygen atoms in total. The van der Waals surface area contributed by atoms with Gasteiger partial charge in [0, 0.05) is 30.8 Å².